The lowest BCUT2D eigenvalue weighted by Crippen LogP contribution is -2.61. The van der Waals surface area contributed by atoms with Gasteiger partial charge >= 0.3 is 0 Å². The summed E-state index contributed by atoms with van der Waals surface area (Å²) in [6, 6.07) is 8.46. The van der Waals surface area contributed by atoms with E-state index < -0.39 is 0 Å². The summed E-state index contributed by atoms with van der Waals surface area (Å²) in [6.07, 6.45) is 1.07. The molecule has 2 aliphatic heterocycles. The van der Waals surface area contributed by atoms with E-state index in [1.165, 1.54) is 11.1 Å². The number of rotatable bonds is 0. The van der Waals surface area contributed by atoms with Gasteiger partial charge in [-0.25, -0.2) is 0 Å². The lowest BCUT2D eigenvalue weighted by Gasteiger charge is -2.46. The number of amides is 1. The SMILES string of the molecule is C[C@]12NC(=O)C[N@@+]1(C)CCc1ccccc12. The number of nitrogens with zero attached hydrogens (tertiary/aromatic N) is 1. The first-order valence-electron chi connectivity index (χ1n) is 5.79. The van der Waals surface area contributed by atoms with Crippen LogP contribution in [-0.2, 0) is 16.9 Å². The van der Waals surface area contributed by atoms with Gasteiger partial charge in [-0.1, -0.05) is 24.3 Å². The lowest BCUT2D eigenvalue weighted by atomic mass is 9.87. The number of fused-ring (bicyclic) bond motifs is 3. The van der Waals surface area contributed by atoms with Crippen molar-refractivity contribution < 1.29 is 9.28 Å². The van der Waals surface area contributed by atoms with Gasteiger partial charge in [0.15, 0.2) is 12.2 Å². The summed E-state index contributed by atoms with van der Waals surface area (Å²) < 4.78 is 0.794. The predicted octanol–water partition coefficient (Wildman–Crippen LogP) is 0.992. The Morgan fingerprint density at radius 2 is 2.12 bits per heavy atom. The van der Waals surface area contributed by atoms with Crippen LogP contribution in [-0.4, -0.2) is 30.5 Å². The molecule has 1 amide bonds. The first-order valence-corrected chi connectivity index (χ1v) is 5.79. The quantitative estimate of drug-likeness (QED) is 0.645. The molecule has 1 saturated heterocycles. The highest BCUT2D eigenvalue weighted by molar-refractivity contribution is 5.80. The molecule has 1 aromatic rings. The van der Waals surface area contributed by atoms with Crippen LogP contribution >= 0.6 is 0 Å². The van der Waals surface area contributed by atoms with E-state index in [0.717, 1.165) is 17.4 Å². The van der Waals surface area contributed by atoms with Gasteiger partial charge < -0.3 is 0 Å². The zero-order valence-corrected chi connectivity index (χ0v) is 9.79. The minimum Gasteiger partial charge on any atom is -0.296 e. The fraction of sp³-hybridized carbons (Fsp3) is 0.462. The number of hydrogen-bond acceptors (Lipinski definition) is 1. The fourth-order valence-electron chi connectivity index (χ4n) is 3.16. The molecule has 1 aromatic carbocycles. The van der Waals surface area contributed by atoms with E-state index >= 15 is 0 Å². The predicted molar refractivity (Wildman–Crippen MR) is 61.6 cm³/mol. The van der Waals surface area contributed by atoms with E-state index in [1.54, 1.807) is 0 Å². The Labute approximate surface area is 95.7 Å². The number of hydrogen-bond donors (Lipinski definition) is 1. The van der Waals surface area contributed by atoms with E-state index in [0.29, 0.717) is 6.54 Å². The number of quaternary nitrogens is 1. The van der Waals surface area contributed by atoms with Gasteiger partial charge in [-0.2, -0.15) is 0 Å². The maximum absolute atomic E-state index is 11.7. The van der Waals surface area contributed by atoms with Crippen LogP contribution in [0.4, 0.5) is 0 Å². The van der Waals surface area contributed by atoms with Crippen molar-refractivity contribution >= 4 is 5.91 Å². The lowest BCUT2D eigenvalue weighted by molar-refractivity contribution is -0.954. The number of nitrogens with one attached hydrogen (secondary N) is 1. The van der Waals surface area contributed by atoms with Crippen molar-refractivity contribution in [3.63, 3.8) is 0 Å². The zero-order valence-electron chi connectivity index (χ0n) is 9.79. The van der Waals surface area contributed by atoms with Crippen molar-refractivity contribution in [1.29, 1.82) is 0 Å². The Bertz CT molecular complexity index is 471. The van der Waals surface area contributed by atoms with Crippen LogP contribution in [0, 0.1) is 0 Å². The fourth-order valence-corrected chi connectivity index (χ4v) is 3.16. The molecule has 0 aliphatic carbocycles. The van der Waals surface area contributed by atoms with Crippen molar-refractivity contribution in [1.82, 2.24) is 5.32 Å². The van der Waals surface area contributed by atoms with Crippen LogP contribution < -0.4 is 5.32 Å². The molecule has 0 bridgehead atoms. The smallest absolute Gasteiger partial charge is 0.280 e. The summed E-state index contributed by atoms with van der Waals surface area (Å²) in [5, 5.41) is 3.16. The largest absolute Gasteiger partial charge is 0.296 e. The standard InChI is InChI=1S/C13H16N2O/c1-13-11-6-4-3-5-10(11)7-8-15(13,2)9-12(16)14-13/h3-6H,7-9H2,1-2H3/p+1/t13-,15+/m0/s1. The van der Waals surface area contributed by atoms with Gasteiger partial charge in [0, 0.05) is 18.9 Å². The van der Waals surface area contributed by atoms with Gasteiger partial charge in [0.2, 0.25) is 0 Å². The summed E-state index contributed by atoms with van der Waals surface area (Å²) in [5.41, 5.74) is 2.43. The van der Waals surface area contributed by atoms with Crippen molar-refractivity contribution in [2.45, 2.75) is 19.0 Å². The average Bonchev–Trinajstić information content (AvgIpc) is 2.49. The second kappa shape index (κ2) is 2.86. The Morgan fingerprint density at radius 3 is 2.94 bits per heavy atom. The Balaban J connectivity index is 2.21. The molecule has 84 valence electrons. The number of likely N-dealkylation sites (N-methyl/N-ethyl adjacent to an activating group) is 1. The molecule has 2 atom stereocenters. The summed E-state index contributed by atoms with van der Waals surface area (Å²) in [5.74, 6) is 0.168. The Kier molecular flexibility index (Phi) is 1.76. The molecule has 1 N–H and O–H groups in total. The van der Waals surface area contributed by atoms with Crippen LogP contribution in [0.3, 0.4) is 0 Å². The highest BCUT2D eigenvalue weighted by atomic mass is 16.2. The molecule has 0 unspecified atom stereocenters. The molecular formula is C13H17N2O+. The topological polar surface area (TPSA) is 29.1 Å². The van der Waals surface area contributed by atoms with Crippen LogP contribution in [0.15, 0.2) is 24.3 Å². The maximum atomic E-state index is 11.7. The average molecular weight is 217 g/mol. The summed E-state index contributed by atoms with van der Waals surface area (Å²) in [4.78, 5) is 11.7. The third kappa shape index (κ3) is 1.04. The van der Waals surface area contributed by atoms with Crippen LogP contribution in [0.25, 0.3) is 0 Å². The summed E-state index contributed by atoms with van der Waals surface area (Å²) >= 11 is 0. The normalized spacial score (nSPS) is 36.5. The molecule has 0 aromatic heterocycles. The molecule has 3 rings (SSSR count). The third-order valence-electron chi connectivity index (χ3n) is 4.37. The third-order valence-corrected chi connectivity index (χ3v) is 4.37. The van der Waals surface area contributed by atoms with Crippen molar-refractivity contribution in [3.05, 3.63) is 35.4 Å². The van der Waals surface area contributed by atoms with Gasteiger partial charge in [0.25, 0.3) is 5.91 Å². The molecule has 16 heavy (non-hydrogen) atoms. The second-order valence-corrected chi connectivity index (χ2v) is 5.31. The Morgan fingerprint density at radius 1 is 1.38 bits per heavy atom. The number of carbonyl (C=O) groups excluding carboxylic acids is 1. The van der Waals surface area contributed by atoms with E-state index in [1.807, 2.05) is 0 Å². The first-order chi connectivity index (χ1) is 7.55. The maximum Gasteiger partial charge on any atom is 0.280 e. The minimum absolute atomic E-state index is 0.168. The molecular weight excluding hydrogens is 200 g/mol. The molecule has 3 nitrogen and oxygen atoms in total. The van der Waals surface area contributed by atoms with Crippen LogP contribution in [0.2, 0.25) is 0 Å². The molecule has 3 heteroatoms. The van der Waals surface area contributed by atoms with E-state index in [9.17, 15) is 4.79 Å². The van der Waals surface area contributed by atoms with Gasteiger partial charge in [-0.05, 0) is 5.56 Å². The number of benzene rings is 1. The highest BCUT2D eigenvalue weighted by Gasteiger charge is 2.56. The van der Waals surface area contributed by atoms with Crippen molar-refractivity contribution in [3.8, 4) is 0 Å². The molecule has 0 spiro atoms. The van der Waals surface area contributed by atoms with E-state index in [4.69, 9.17) is 0 Å². The first kappa shape index (κ1) is 9.85. The van der Waals surface area contributed by atoms with E-state index in [-0.39, 0.29) is 11.6 Å². The summed E-state index contributed by atoms with van der Waals surface area (Å²) in [7, 11) is 2.17. The highest BCUT2D eigenvalue weighted by Crippen LogP contribution is 2.40. The van der Waals surface area contributed by atoms with Gasteiger partial charge in [-0.3, -0.25) is 14.6 Å². The second-order valence-electron chi connectivity index (χ2n) is 5.31. The van der Waals surface area contributed by atoms with Gasteiger partial charge in [0.1, 0.15) is 0 Å². The van der Waals surface area contributed by atoms with Crippen molar-refractivity contribution in [2.75, 3.05) is 20.1 Å². The molecule has 2 heterocycles. The summed E-state index contributed by atoms with van der Waals surface area (Å²) in [6.45, 7) is 3.78. The molecule has 0 radical (unpaired) electrons. The van der Waals surface area contributed by atoms with Crippen molar-refractivity contribution in [2.24, 2.45) is 0 Å². The monoisotopic (exact) mass is 217 g/mol. The minimum atomic E-state index is -0.230. The van der Waals surface area contributed by atoms with Crippen LogP contribution in [0.1, 0.15) is 18.1 Å². The van der Waals surface area contributed by atoms with E-state index in [2.05, 4.69) is 43.6 Å². The van der Waals surface area contributed by atoms with Gasteiger partial charge in [-0.15, -0.1) is 0 Å². The number of carbonyl (C=O) groups is 1. The van der Waals surface area contributed by atoms with Gasteiger partial charge in [0.05, 0.1) is 13.6 Å². The Hall–Kier alpha value is -1.35. The zero-order chi connectivity index (χ0) is 11.4. The molecule has 2 aliphatic rings. The van der Waals surface area contributed by atoms with Crippen LogP contribution in [0.5, 0.6) is 0 Å². The molecule has 0 saturated carbocycles. The molecule has 1 fully saturated rings.